The fourth-order valence-electron chi connectivity index (χ4n) is 2.90. The van der Waals surface area contributed by atoms with Gasteiger partial charge in [0.2, 0.25) is 11.7 Å². The average molecular weight is 379 g/mol. The molecule has 146 valence electrons. The van der Waals surface area contributed by atoms with Crippen LogP contribution < -0.4 is 10.1 Å². The zero-order valence-electron chi connectivity index (χ0n) is 16.9. The Morgan fingerprint density at radius 2 is 1.93 bits per heavy atom. The third-order valence-corrected chi connectivity index (χ3v) is 4.60. The number of ether oxygens (including phenoxy) is 1. The summed E-state index contributed by atoms with van der Waals surface area (Å²) in [5, 5.41) is 6.76. The molecule has 1 aromatic heterocycles. The van der Waals surface area contributed by atoms with Crippen molar-refractivity contribution in [1.82, 2.24) is 15.5 Å². The van der Waals surface area contributed by atoms with Gasteiger partial charge in [0, 0.05) is 5.56 Å². The topological polar surface area (TPSA) is 77.2 Å². The molecule has 0 saturated carbocycles. The third kappa shape index (κ3) is 4.57. The van der Waals surface area contributed by atoms with E-state index in [4.69, 9.17) is 9.26 Å². The first-order valence-electron chi connectivity index (χ1n) is 9.25. The van der Waals surface area contributed by atoms with Crippen molar-refractivity contribution >= 4 is 5.91 Å². The number of hydrogen-bond donors (Lipinski definition) is 1. The Morgan fingerprint density at radius 1 is 1.14 bits per heavy atom. The van der Waals surface area contributed by atoms with Crippen LogP contribution in [0.4, 0.5) is 0 Å². The summed E-state index contributed by atoms with van der Waals surface area (Å²) in [5.74, 6) is 1.33. The maximum atomic E-state index is 12.4. The van der Waals surface area contributed by atoms with Gasteiger partial charge in [0.15, 0.2) is 6.10 Å². The van der Waals surface area contributed by atoms with Crippen LogP contribution in [0.2, 0.25) is 0 Å². The molecule has 3 aromatic rings. The predicted molar refractivity (Wildman–Crippen MR) is 107 cm³/mol. The number of amides is 1. The molecule has 0 aliphatic rings. The van der Waals surface area contributed by atoms with Gasteiger partial charge >= 0.3 is 0 Å². The smallest absolute Gasteiger partial charge is 0.261 e. The summed E-state index contributed by atoms with van der Waals surface area (Å²) in [6.07, 6.45) is -0.640. The van der Waals surface area contributed by atoms with Crippen molar-refractivity contribution in [2.24, 2.45) is 0 Å². The minimum Gasteiger partial charge on any atom is -0.481 e. The van der Waals surface area contributed by atoms with Gasteiger partial charge in [-0.2, -0.15) is 4.98 Å². The van der Waals surface area contributed by atoms with Crippen molar-refractivity contribution in [3.8, 4) is 17.1 Å². The molecular formula is C22H25N3O3. The van der Waals surface area contributed by atoms with Crippen molar-refractivity contribution < 1.29 is 14.1 Å². The van der Waals surface area contributed by atoms with Gasteiger partial charge < -0.3 is 14.6 Å². The number of aryl methyl sites for hydroxylation is 3. The minimum absolute atomic E-state index is 0.150. The van der Waals surface area contributed by atoms with Gasteiger partial charge in [-0.25, -0.2) is 0 Å². The second kappa shape index (κ2) is 8.25. The Balaban J connectivity index is 1.60. The van der Waals surface area contributed by atoms with Crippen molar-refractivity contribution in [3.63, 3.8) is 0 Å². The Morgan fingerprint density at radius 3 is 2.68 bits per heavy atom. The monoisotopic (exact) mass is 379 g/mol. The van der Waals surface area contributed by atoms with Gasteiger partial charge in [0.05, 0.1) is 6.54 Å². The van der Waals surface area contributed by atoms with E-state index in [1.165, 1.54) is 0 Å². The van der Waals surface area contributed by atoms with Crippen LogP contribution >= 0.6 is 0 Å². The molecule has 1 unspecified atom stereocenters. The molecule has 1 amide bonds. The summed E-state index contributed by atoms with van der Waals surface area (Å²) in [6, 6.07) is 11.9. The van der Waals surface area contributed by atoms with Crippen LogP contribution in [0.3, 0.4) is 0 Å². The van der Waals surface area contributed by atoms with E-state index in [1.54, 1.807) is 6.92 Å². The summed E-state index contributed by atoms with van der Waals surface area (Å²) in [5.41, 5.74) is 5.26. The van der Waals surface area contributed by atoms with Crippen LogP contribution in [0.25, 0.3) is 11.4 Å². The van der Waals surface area contributed by atoms with E-state index < -0.39 is 6.10 Å². The number of hydrogen-bond acceptors (Lipinski definition) is 5. The van der Waals surface area contributed by atoms with E-state index in [0.717, 1.165) is 33.6 Å². The Bertz CT molecular complexity index is 994. The van der Waals surface area contributed by atoms with Crippen molar-refractivity contribution in [3.05, 3.63) is 64.5 Å². The highest BCUT2D eigenvalue weighted by Crippen LogP contribution is 2.24. The standard InChI is InChI=1S/C22H25N3O3/c1-13-7-6-8-18(10-13)21-24-20(28-25-21)12-23-22(26)17(5)27-19-11-14(2)9-15(3)16(19)4/h6-11,17H,12H2,1-5H3,(H,23,26). The molecule has 28 heavy (non-hydrogen) atoms. The van der Waals surface area contributed by atoms with E-state index in [0.29, 0.717) is 11.7 Å². The van der Waals surface area contributed by atoms with E-state index >= 15 is 0 Å². The van der Waals surface area contributed by atoms with Gasteiger partial charge in [-0.05, 0) is 63.4 Å². The summed E-state index contributed by atoms with van der Waals surface area (Å²) in [7, 11) is 0. The molecule has 0 saturated heterocycles. The number of rotatable bonds is 6. The molecule has 1 N–H and O–H groups in total. The van der Waals surface area contributed by atoms with Gasteiger partial charge in [-0.3, -0.25) is 4.79 Å². The normalized spacial score (nSPS) is 11.9. The molecule has 3 rings (SSSR count). The molecular weight excluding hydrogens is 354 g/mol. The number of nitrogens with one attached hydrogen (secondary N) is 1. The first kappa shape index (κ1) is 19.6. The second-order valence-electron chi connectivity index (χ2n) is 7.06. The maximum Gasteiger partial charge on any atom is 0.261 e. The number of benzene rings is 2. The number of carbonyl (C=O) groups is 1. The molecule has 1 atom stereocenters. The Labute approximate surface area is 164 Å². The molecule has 0 bridgehead atoms. The van der Waals surface area contributed by atoms with E-state index in [9.17, 15) is 4.79 Å². The predicted octanol–water partition coefficient (Wildman–Crippen LogP) is 4.05. The van der Waals surface area contributed by atoms with Crippen molar-refractivity contribution in [2.45, 2.75) is 47.3 Å². The van der Waals surface area contributed by atoms with Crippen LogP contribution in [0, 0.1) is 27.7 Å². The number of nitrogens with zero attached hydrogens (tertiary/aromatic N) is 2. The Hall–Kier alpha value is -3.15. The fourth-order valence-corrected chi connectivity index (χ4v) is 2.90. The molecule has 0 aliphatic carbocycles. The van der Waals surface area contributed by atoms with Crippen molar-refractivity contribution in [1.29, 1.82) is 0 Å². The fraction of sp³-hybridized carbons (Fsp3) is 0.318. The SMILES string of the molecule is Cc1cccc(-c2noc(CNC(=O)C(C)Oc3cc(C)cc(C)c3C)n2)c1. The first-order chi connectivity index (χ1) is 13.3. The number of carbonyl (C=O) groups excluding carboxylic acids is 1. The second-order valence-corrected chi connectivity index (χ2v) is 7.06. The van der Waals surface area contributed by atoms with Crippen LogP contribution in [-0.4, -0.2) is 22.2 Å². The van der Waals surface area contributed by atoms with E-state index in [1.807, 2.05) is 58.0 Å². The molecule has 0 fully saturated rings. The van der Waals surface area contributed by atoms with Crippen LogP contribution in [0.15, 0.2) is 40.9 Å². The number of aromatic nitrogens is 2. The summed E-state index contributed by atoms with van der Waals surface area (Å²) < 4.78 is 11.1. The van der Waals surface area contributed by atoms with Crippen LogP contribution in [0.1, 0.15) is 35.1 Å². The zero-order valence-corrected chi connectivity index (χ0v) is 16.9. The lowest BCUT2D eigenvalue weighted by Gasteiger charge is -2.17. The Kier molecular flexibility index (Phi) is 5.78. The third-order valence-electron chi connectivity index (χ3n) is 4.60. The van der Waals surface area contributed by atoms with E-state index in [2.05, 4.69) is 21.5 Å². The lowest BCUT2D eigenvalue weighted by molar-refractivity contribution is -0.127. The van der Waals surface area contributed by atoms with Gasteiger partial charge in [0.1, 0.15) is 5.75 Å². The largest absolute Gasteiger partial charge is 0.481 e. The molecule has 6 heteroatoms. The first-order valence-corrected chi connectivity index (χ1v) is 9.25. The molecule has 2 aromatic carbocycles. The quantitative estimate of drug-likeness (QED) is 0.699. The summed E-state index contributed by atoms with van der Waals surface area (Å²) in [4.78, 5) is 16.7. The summed E-state index contributed by atoms with van der Waals surface area (Å²) >= 11 is 0. The average Bonchev–Trinajstić information content (AvgIpc) is 3.12. The van der Waals surface area contributed by atoms with Crippen molar-refractivity contribution in [2.75, 3.05) is 0 Å². The van der Waals surface area contributed by atoms with Gasteiger partial charge in [-0.1, -0.05) is 35.0 Å². The molecule has 6 nitrogen and oxygen atoms in total. The van der Waals surface area contributed by atoms with Crippen LogP contribution in [-0.2, 0) is 11.3 Å². The lowest BCUT2D eigenvalue weighted by Crippen LogP contribution is -2.36. The highest BCUT2D eigenvalue weighted by Gasteiger charge is 2.18. The minimum atomic E-state index is -0.640. The molecule has 0 radical (unpaired) electrons. The molecule has 1 heterocycles. The molecule has 0 spiro atoms. The lowest BCUT2D eigenvalue weighted by atomic mass is 10.1. The highest BCUT2D eigenvalue weighted by molar-refractivity contribution is 5.80. The van der Waals surface area contributed by atoms with E-state index in [-0.39, 0.29) is 12.5 Å². The summed E-state index contributed by atoms with van der Waals surface area (Å²) in [6.45, 7) is 9.89. The maximum absolute atomic E-state index is 12.4. The zero-order chi connectivity index (χ0) is 20.3. The highest BCUT2D eigenvalue weighted by atomic mass is 16.5. The molecule has 0 aliphatic heterocycles. The van der Waals surface area contributed by atoms with Crippen LogP contribution in [0.5, 0.6) is 5.75 Å². The van der Waals surface area contributed by atoms with Gasteiger partial charge in [0.25, 0.3) is 5.91 Å². The van der Waals surface area contributed by atoms with Gasteiger partial charge in [-0.15, -0.1) is 0 Å².